The Labute approximate surface area is 104 Å². The lowest BCUT2D eigenvalue weighted by atomic mass is 10.0. The number of imidazole rings is 1. The second-order valence-corrected chi connectivity index (χ2v) is 4.97. The molecule has 0 spiro atoms. The third kappa shape index (κ3) is 3.54. The summed E-state index contributed by atoms with van der Waals surface area (Å²) in [6.07, 6.45) is 7.97. The molecular weight excluding hydrogens is 212 g/mol. The van der Waals surface area contributed by atoms with E-state index in [0.29, 0.717) is 6.04 Å². The fraction of sp³-hybridized carbons (Fsp3) is 0.769. The average molecular weight is 236 g/mol. The minimum atomic E-state index is 0.666. The van der Waals surface area contributed by atoms with Crippen LogP contribution in [0.2, 0.25) is 0 Å². The summed E-state index contributed by atoms with van der Waals surface area (Å²) < 4.78 is 2.21. The minimum absolute atomic E-state index is 0.666. The second-order valence-electron chi connectivity index (χ2n) is 4.97. The summed E-state index contributed by atoms with van der Waals surface area (Å²) in [6, 6.07) is 0.666. The van der Waals surface area contributed by atoms with Crippen LogP contribution in [-0.4, -0.2) is 40.6 Å². The van der Waals surface area contributed by atoms with Crippen LogP contribution < -0.4 is 5.32 Å². The Balaban J connectivity index is 1.82. The highest BCUT2D eigenvalue weighted by atomic mass is 15.2. The molecule has 1 aromatic rings. The van der Waals surface area contributed by atoms with Crippen LogP contribution in [0.25, 0.3) is 0 Å². The number of hydrogen-bond acceptors (Lipinski definition) is 3. The van der Waals surface area contributed by atoms with E-state index < -0.39 is 0 Å². The molecule has 1 unspecified atom stereocenters. The molecule has 2 heterocycles. The van der Waals surface area contributed by atoms with Crippen LogP contribution in [-0.2, 0) is 13.1 Å². The molecule has 4 heteroatoms. The lowest BCUT2D eigenvalue weighted by Gasteiger charge is -2.28. The number of nitrogens with zero attached hydrogens (tertiary/aromatic N) is 3. The first-order chi connectivity index (χ1) is 8.29. The largest absolute Gasteiger partial charge is 0.334 e. The van der Waals surface area contributed by atoms with Gasteiger partial charge in [-0.25, -0.2) is 4.98 Å². The SMILES string of the molecule is CCn1ccnc1CN(C)CC1CCCCN1. The van der Waals surface area contributed by atoms with Crippen molar-refractivity contribution in [1.29, 1.82) is 0 Å². The highest BCUT2D eigenvalue weighted by Gasteiger charge is 2.15. The average Bonchev–Trinajstić information content (AvgIpc) is 2.77. The molecular formula is C13H24N4. The topological polar surface area (TPSA) is 33.1 Å². The van der Waals surface area contributed by atoms with Crippen molar-refractivity contribution in [3.8, 4) is 0 Å². The Kier molecular flexibility index (Phi) is 4.57. The van der Waals surface area contributed by atoms with Gasteiger partial charge in [-0.2, -0.15) is 0 Å². The lowest BCUT2D eigenvalue weighted by Crippen LogP contribution is -2.42. The summed E-state index contributed by atoms with van der Waals surface area (Å²) in [6.45, 7) is 6.41. The number of aromatic nitrogens is 2. The van der Waals surface area contributed by atoms with Crippen molar-refractivity contribution in [3.05, 3.63) is 18.2 Å². The van der Waals surface area contributed by atoms with Gasteiger partial charge in [0.1, 0.15) is 5.82 Å². The van der Waals surface area contributed by atoms with Gasteiger partial charge >= 0.3 is 0 Å². The van der Waals surface area contributed by atoms with Crippen molar-refractivity contribution in [3.63, 3.8) is 0 Å². The molecule has 1 aliphatic heterocycles. The molecule has 17 heavy (non-hydrogen) atoms. The summed E-state index contributed by atoms with van der Waals surface area (Å²) in [5, 5.41) is 3.59. The molecule has 0 aliphatic carbocycles. The number of piperidine rings is 1. The third-order valence-electron chi connectivity index (χ3n) is 3.50. The molecule has 0 amide bonds. The molecule has 1 atom stereocenters. The van der Waals surface area contributed by atoms with Crippen molar-refractivity contribution in [2.24, 2.45) is 0 Å². The Hall–Kier alpha value is -0.870. The number of likely N-dealkylation sites (N-methyl/N-ethyl adjacent to an activating group) is 1. The molecule has 0 radical (unpaired) electrons. The molecule has 1 N–H and O–H groups in total. The quantitative estimate of drug-likeness (QED) is 0.840. The Morgan fingerprint density at radius 1 is 1.53 bits per heavy atom. The molecule has 1 fully saturated rings. The van der Waals surface area contributed by atoms with E-state index in [9.17, 15) is 0 Å². The van der Waals surface area contributed by atoms with E-state index in [1.165, 1.54) is 31.6 Å². The maximum Gasteiger partial charge on any atom is 0.122 e. The van der Waals surface area contributed by atoms with Crippen molar-refractivity contribution in [2.45, 2.75) is 45.3 Å². The van der Waals surface area contributed by atoms with Crippen LogP contribution in [0, 0.1) is 0 Å². The fourth-order valence-corrected chi connectivity index (χ4v) is 2.54. The van der Waals surface area contributed by atoms with Gasteiger partial charge in [0.25, 0.3) is 0 Å². The predicted octanol–water partition coefficient (Wildman–Crippen LogP) is 1.48. The van der Waals surface area contributed by atoms with E-state index in [2.05, 4.69) is 39.9 Å². The Morgan fingerprint density at radius 2 is 2.41 bits per heavy atom. The van der Waals surface area contributed by atoms with Gasteiger partial charge in [0, 0.05) is 31.5 Å². The molecule has 0 bridgehead atoms. The van der Waals surface area contributed by atoms with Crippen molar-refractivity contribution in [2.75, 3.05) is 20.1 Å². The van der Waals surface area contributed by atoms with Gasteiger partial charge in [0.15, 0.2) is 0 Å². The van der Waals surface area contributed by atoms with Crippen LogP contribution in [0.3, 0.4) is 0 Å². The molecule has 4 nitrogen and oxygen atoms in total. The predicted molar refractivity (Wildman–Crippen MR) is 69.9 cm³/mol. The monoisotopic (exact) mass is 236 g/mol. The first-order valence-corrected chi connectivity index (χ1v) is 6.71. The van der Waals surface area contributed by atoms with Gasteiger partial charge in [0.2, 0.25) is 0 Å². The van der Waals surface area contributed by atoms with Gasteiger partial charge in [-0.1, -0.05) is 6.42 Å². The number of hydrogen-bond donors (Lipinski definition) is 1. The van der Waals surface area contributed by atoms with Gasteiger partial charge in [-0.3, -0.25) is 4.90 Å². The van der Waals surface area contributed by atoms with Crippen molar-refractivity contribution < 1.29 is 0 Å². The van der Waals surface area contributed by atoms with E-state index in [1.54, 1.807) is 0 Å². The summed E-state index contributed by atoms with van der Waals surface area (Å²) >= 11 is 0. The summed E-state index contributed by atoms with van der Waals surface area (Å²) in [5.74, 6) is 1.17. The number of nitrogens with one attached hydrogen (secondary N) is 1. The Bertz CT molecular complexity index is 328. The number of aryl methyl sites for hydroxylation is 1. The van der Waals surface area contributed by atoms with Crippen LogP contribution in [0.1, 0.15) is 32.0 Å². The third-order valence-corrected chi connectivity index (χ3v) is 3.50. The van der Waals surface area contributed by atoms with Crippen LogP contribution in [0.15, 0.2) is 12.4 Å². The van der Waals surface area contributed by atoms with Crippen molar-refractivity contribution in [1.82, 2.24) is 19.8 Å². The zero-order valence-corrected chi connectivity index (χ0v) is 11.0. The van der Waals surface area contributed by atoms with Crippen LogP contribution in [0.4, 0.5) is 0 Å². The zero-order chi connectivity index (χ0) is 12.1. The summed E-state index contributed by atoms with van der Waals surface area (Å²) in [7, 11) is 2.19. The van der Waals surface area contributed by atoms with E-state index in [4.69, 9.17) is 0 Å². The van der Waals surface area contributed by atoms with Gasteiger partial charge in [-0.15, -0.1) is 0 Å². The fourth-order valence-electron chi connectivity index (χ4n) is 2.54. The molecule has 96 valence electrons. The highest BCUT2D eigenvalue weighted by molar-refractivity contribution is 4.92. The first kappa shape index (κ1) is 12.6. The second kappa shape index (κ2) is 6.17. The first-order valence-electron chi connectivity index (χ1n) is 6.71. The standard InChI is InChI=1S/C13H24N4/c1-3-17-9-8-15-13(17)11-16(2)10-12-6-4-5-7-14-12/h8-9,12,14H,3-7,10-11H2,1-2H3. The molecule has 2 rings (SSSR count). The van der Waals surface area contributed by atoms with Gasteiger partial charge in [-0.05, 0) is 33.4 Å². The normalized spacial score (nSPS) is 21.0. The molecule has 0 aromatic carbocycles. The Morgan fingerprint density at radius 3 is 3.12 bits per heavy atom. The molecule has 0 saturated carbocycles. The van der Waals surface area contributed by atoms with Crippen molar-refractivity contribution >= 4 is 0 Å². The lowest BCUT2D eigenvalue weighted by molar-refractivity contribution is 0.249. The number of rotatable bonds is 5. The van der Waals surface area contributed by atoms with E-state index >= 15 is 0 Å². The van der Waals surface area contributed by atoms with E-state index in [0.717, 1.165) is 19.6 Å². The maximum atomic E-state index is 4.42. The van der Waals surface area contributed by atoms with Gasteiger partial charge < -0.3 is 9.88 Å². The smallest absolute Gasteiger partial charge is 0.122 e. The maximum absolute atomic E-state index is 4.42. The zero-order valence-electron chi connectivity index (χ0n) is 11.0. The minimum Gasteiger partial charge on any atom is -0.334 e. The van der Waals surface area contributed by atoms with Gasteiger partial charge in [0.05, 0.1) is 6.54 Å². The summed E-state index contributed by atoms with van der Waals surface area (Å²) in [4.78, 5) is 6.79. The highest BCUT2D eigenvalue weighted by Crippen LogP contribution is 2.09. The van der Waals surface area contributed by atoms with E-state index in [1.807, 2.05) is 6.20 Å². The molecule has 1 aliphatic rings. The van der Waals surface area contributed by atoms with Crippen LogP contribution in [0.5, 0.6) is 0 Å². The van der Waals surface area contributed by atoms with E-state index in [-0.39, 0.29) is 0 Å². The molecule has 1 saturated heterocycles. The summed E-state index contributed by atoms with van der Waals surface area (Å²) in [5.41, 5.74) is 0. The van der Waals surface area contributed by atoms with Crippen LogP contribution >= 0.6 is 0 Å². The molecule has 1 aromatic heterocycles.